The molecule has 0 N–H and O–H groups in total. The lowest BCUT2D eigenvalue weighted by molar-refractivity contribution is -0.663. The highest BCUT2D eigenvalue weighted by atomic mass is 35.5. The number of imidazole rings is 1. The number of aliphatic imine (C=N–C) groups is 1. The van der Waals surface area contributed by atoms with Gasteiger partial charge in [0.25, 0.3) is 5.91 Å². The first kappa shape index (κ1) is 16.8. The summed E-state index contributed by atoms with van der Waals surface area (Å²) in [6.45, 7) is 4.12. The van der Waals surface area contributed by atoms with E-state index in [9.17, 15) is 9.59 Å². The summed E-state index contributed by atoms with van der Waals surface area (Å²) in [5.74, 6) is 0.873. The standard InChI is InChI=1S/C18H19ClN5O2/c1-10-11(2)24-14-15(20-17(24)21(10)3)22(4)18(26)23(16(14)25)9-12-6-5-7-13(19)8-12/h5-8,14H,9H2,1-4H3/q+1. The second-order valence-electron chi connectivity index (χ2n) is 6.67. The lowest BCUT2D eigenvalue weighted by Gasteiger charge is -2.33. The van der Waals surface area contributed by atoms with Gasteiger partial charge in [-0.15, -0.1) is 0 Å². The average molecular weight is 373 g/mol. The molecule has 1 atom stereocenters. The minimum absolute atomic E-state index is 0.174. The zero-order valence-electron chi connectivity index (χ0n) is 15.0. The quantitative estimate of drug-likeness (QED) is 0.759. The SMILES string of the molecule is Cc1c(C)[n+](C)c2n1C1C(=O)N(Cc3cccc(Cl)c3)C(=O)N(C)C1=N2. The molecule has 0 spiro atoms. The van der Waals surface area contributed by atoms with Gasteiger partial charge >= 0.3 is 12.0 Å². The first-order chi connectivity index (χ1) is 12.3. The van der Waals surface area contributed by atoms with Crippen LogP contribution in [-0.2, 0) is 18.4 Å². The predicted molar refractivity (Wildman–Crippen MR) is 96.4 cm³/mol. The summed E-state index contributed by atoms with van der Waals surface area (Å²) in [6.07, 6.45) is 0. The summed E-state index contributed by atoms with van der Waals surface area (Å²) in [5, 5.41) is 0.571. The molecule has 0 saturated carbocycles. The van der Waals surface area contributed by atoms with Crippen molar-refractivity contribution in [3.63, 3.8) is 0 Å². The van der Waals surface area contributed by atoms with Crippen molar-refractivity contribution in [1.29, 1.82) is 0 Å². The molecule has 1 aromatic heterocycles. The van der Waals surface area contributed by atoms with E-state index in [1.54, 1.807) is 25.2 Å². The maximum atomic E-state index is 13.2. The van der Waals surface area contributed by atoms with E-state index >= 15 is 0 Å². The lowest BCUT2D eigenvalue weighted by Crippen LogP contribution is -2.57. The van der Waals surface area contributed by atoms with Gasteiger partial charge in [-0.25, -0.2) is 13.9 Å². The van der Waals surface area contributed by atoms with E-state index in [0.29, 0.717) is 16.8 Å². The van der Waals surface area contributed by atoms with Crippen LogP contribution in [0.15, 0.2) is 29.3 Å². The van der Waals surface area contributed by atoms with Gasteiger partial charge in [-0.2, -0.15) is 0 Å². The molecule has 0 radical (unpaired) electrons. The van der Waals surface area contributed by atoms with E-state index < -0.39 is 6.04 Å². The van der Waals surface area contributed by atoms with Gasteiger partial charge in [-0.1, -0.05) is 28.7 Å². The molecule has 134 valence electrons. The van der Waals surface area contributed by atoms with Gasteiger partial charge in [0.1, 0.15) is 11.4 Å². The molecule has 26 heavy (non-hydrogen) atoms. The highest BCUT2D eigenvalue weighted by Crippen LogP contribution is 2.35. The third kappa shape index (κ3) is 2.20. The number of rotatable bonds is 2. The van der Waals surface area contributed by atoms with Crippen LogP contribution < -0.4 is 4.57 Å². The Morgan fingerprint density at radius 2 is 2.00 bits per heavy atom. The summed E-state index contributed by atoms with van der Waals surface area (Å²) < 4.78 is 3.84. The number of hydrogen-bond donors (Lipinski definition) is 0. The maximum absolute atomic E-state index is 13.2. The van der Waals surface area contributed by atoms with Crippen LogP contribution >= 0.6 is 11.6 Å². The largest absolute Gasteiger partial charge is 0.401 e. The van der Waals surface area contributed by atoms with Crippen LogP contribution in [0.25, 0.3) is 0 Å². The summed E-state index contributed by atoms with van der Waals surface area (Å²) >= 11 is 6.04. The van der Waals surface area contributed by atoms with Crippen molar-refractivity contribution in [2.75, 3.05) is 7.05 Å². The van der Waals surface area contributed by atoms with E-state index in [0.717, 1.165) is 17.0 Å². The summed E-state index contributed by atoms with van der Waals surface area (Å²) in [4.78, 5) is 33.3. The Balaban J connectivity index is 1.77. The van der Waals surface area contributed by atoms with Gasteiger partial charge in [0, 0.05) is 12.1 Å². The van der Waals surface area contributed by atoms with Gasteiger partial charge in [-0.3, -0.25) is 14.6 Å². The maximum Gasteiger partial charge on any atom is 0.401 e. The van der Waals surface area contributed by atoms with Crippen molar-refractivity contribution in [2.24, 2.45) is 12.0 Å². The average Bonchev–Trinajstić information content (AvgIpc) is 3.10. The second-order valence-corrected chi connectivity index (χ2v) is 7.10. The summed E-state index contributed by atoms with van der Waals surface area (Å²) in [6, 6.07) is 6.18. The number of amidine groups is 1. The molecule has 7 nitrogen and oxygen atoms in total. The second kappa shape index (κ2) is 5.67. The minimum Gasteiger partial charge on any atom is -0.270 e. The molecule has 2 aliphatic heterocycles. The van der Waals surface area contributed by atoms with Crippen molar-refractivity contribution >= 4 is 35.3 Å². The molecule has 3 amide bonds. The monoisotopic (exact) mass is 372 g/mol. The number of halogens is 1. The minimum atomic E-state index is -0.619. The molecule has 8 heteroatoms. The van der Waals surface area contributed by atoms with Crippen LogP contribution in [0.2, 0.25) is 5.02 Å². The molecule has 0 bridgehead atoms. The van der Waals surface area contributed by atoms with Gasteiger partial charge in [0.2, 0.25) is 11.9 Å². The normalized spacial score (nSPS) is 19.0. The predicted octanol–water partition coefficient (Wildman–Crippen LogP) is 2.26. The van der Waals surface area contributed by atoms with Crippen molar-refractivity contribution < 1.29 is 14.2 Å². The first-order valence-corrected chi connectivity index (χ1v) is 8.68. The number of carbonyl (C=O) groups excluding carboxylic acids is 2. The third-order valence-electron chi connectivity index (χ3n) is 5.21. The molecule has 2 aliphatic rings. The van der Waals surface area contributed by atoms with E-state index in [2.05, 4.69) is 4.99 Å². The number of imide groups is 1. The molecule has 1 aromatic carbocycles. The highest BCUT2D eigenvalue weighted by Gasteiger charge is 2.53. The number of amides is 3. The van der Waals surface area contributed by atoms with Gasteiger partial charge in [0.15, 0.2) is 0 Å². The number of fused-ring (bicyclic) bond motifs is 3. The Labute approximate surface area is 156 Å². The molecule has 4 rings (SSSR count). The Morgan fingerprint density at radius 3 is 2.69 bits per heavy atom. The zero-order valence-corrected chi connectivity index (χ0v) is 15.8. The number of hydrogen-bond acceptors (Lipinski definition) is 3. The molecule has 1 saturated heterocycles. The Morgan fingerprint density at radius 1 is 1.27 bits per heavy atom. The number of benzene rings is 1. The highest BCUT2D eigenvalue weighted by molar-refractivity contribution is 6.30. The molecule has 1 unspecified atom stereocenters. The van der Waals surface area contributed by atoms with Gasteiger partial charge < -0.3 is 0 Å². The topological polar surface area (TPSA) is 61.8 Å². The molecule has 1 fully saturated rings. The fourth-order valence-corrected chi connectivity index (χ4v) is 3.77. The van der Waals surface area contributed by atoms with E-state index in [-0.39, 0.29) is 18.5 Å². The number of nitrogens with zero attached hydrogens (tertiary/aromatic N) is 5. The smallest absolute Gasteiger partial charge is 0.270 e. The van der Waals surface area contributed by atoms with Crippen molar-refractivity contribution in [3.8, 4) is 0 Å². The summed E-state index contributed by atoms with van der Waals surface area (Å²) in [5.41, 5.74) is 2.80. The fourth-order valence-electron chi connectivity index (χ4n) is 3.56. The number of carbonyl (C=O) groups is 2. The van der Waals surface area contributed by atoms with Crippen LogP contribution in [0.5, 0.6) is 0 Å². The van der Waals surface area contributed by atoms with Crippen LogP contribution in [0.3, 0.4) is 0 Å². The number of aromatic nitrogens is 2. The van der Waals surface area contributed by atoms with E-state index in [1.807, 2.05) is 36.1 Å². The zero-order chi connectivity index (χ0) is 18.7. The van der Waals surface area contributed by atoms with E-state index in [1.165, 1.54) is 9.80 Å². The summed E-state index contributed by atoms with van der Waals surface area (Å²) in [7, 11) is 3.56. The molecule has 3 heterocycles. The first-order valence-electron chi connectivity index (χ1n) is 8.30. The van der Waals surface area contributed by atoms with Gasteiger partial charge in [0.05, 0.1) is 13.6 Å². The molecule has 0 aliphatic carbocycles. The Kier molecular flexibility index (Phi) is 3.66. The third-order valence-corrected chi connectivity index (χ3v) is 5.45. The van der Waals surface area contributed by atoms with E-state index in [4.69, 9.17) is 11.6 Å². The Hall–Kier alpha value is -2.67. The molecule has 2 aromatic rings. The van der Waals surface area contributed by atoms with Crippen LogP contribution in [-0.4, -0.2) is 39.2 Å². The number of likely N-dealkylation sites (N-methyl/N-ethyl adjacent to an activating group) is 1. The molecular weight excluding hydrogens is 354 g/mol. The molecular formula is C18H19ClN5O2+. The van der Waals surface area contributed by atoms with Crippen LogP contribution in [0, 0.1) is 13.8 Å². The lowest BCUT2D eigenvalue weighted by atomic mass is 10.1. The van der Waals surface area contributed by atoms with Crippen molar-refractivity contribution in [2.45, 2.75) is 26.4 Å². The van der Waals surface area contributed by atoms with Crippen molar-refractivity contribution in [1.82, 2.24) is 14.4 Å². The van der Waals surface area contributed by atoms with Crippen LogP contribution in [0.4, 0.5) is 10.7 Å². The van der Waals surface area contributed by atoms with Crippen molar-refractivity contribution in [3.05, 3.63) is 46.2 Å². The van der Waals surface area contributed by atoms with Gasteiger partial charge in [-0.05, 0) is 31.5 Å². The fraction of sp³-hybridized carbons (Fsp3) is 0.333. The Bertz CT molecular complexity index is 994. The van der Waals surface area contributed by atoms with Crippen LogP contribution in [0.1, 0.15) is 23.0 Å². The number of urea groups is 1.